The van der Waals surface area contributed by atoms with Crippen LogP contribution in [-0.2, 0) is 11.2 Å². The van der Waals surface area contributed by atoms with Crippen LogP contribution in [0.1, 0.15) is 24.1 Å². The van der Waals surface area contributed by atoms with E-state index in [-0.39, 0.29) is 11.9 Å². The second kappa shape index (κ2) is 7.80. The molecular weight excluding hydrogens is 306 g/mol. The Labute approximate surface area is 149 Å². The Balaban J connectivity index is 1.66. The fourth-order valence-electron chi connectivity index (χ4n) is 2.92. The standard InChI is InChI=1S/C23H23NO/c1-18(20-9-5-3-6-10-20)24(2)23(25)17-19-13-15-22(16-14-19)21-11-7-4-8-12-21/h3-16,18H,17H2,1-2H3/t18-/m0/s1. The van der Waals surface area contributed by atoms with Crippen LogP contribution in [0.25, 0.3) is 11.1 Å². The maximum Gasteiger partial charge on any atom is 0.227 e. The molecule has 0 aliphatic heterocycles. The third kappa shape index (κ3) is 4.16. The highest BCUT2D eigenvalue weighted by molar-refractivity contribution is 5.79. The molecule has 3 aromatic carbocycles. The maximum atomic E-state index is 12.6. The van der Waals surface area contributed by atoms with Gasteiger partial charge in [0.25, 0.3) is 0 Å². The Hall–Kier alpha value is -2.87. The molecule has 3 aromatic rings. The van der Waals surface area contributed by atoms with Crippen molar-refractivity contribution in [3.05, 3.63) is 96.1 Å². The molecule has 0 saturated carbocycles. The minimum absolute atomic E-state index is 0.0669. The smallest absolute Gasteiger partial charge is 0.227 e. The van der Waals surface area contributed by atoms with E-state index in [4.69, 9.17) is 0 Å². The first-order valence-corrected chi connectivity index (χ1v) is 8.60. The van der Waals surface area contributed by atoms with E-state index in [0.717, 1.165) is 11.1 Å². The van der Waals surface area contributed by atoms with Crippen molar-refractivity contribution in [2.75, 3.05) is 7.05 Å². The monoisotopic (exact) mass is 329 g/mol. The summed E-state index contributed by atoms with van der Waals surface area (Å²) in [6.07, 6.45) is 0.419. The molecular formula is C23H23NO. The van der Waals surface area contributed by atoms with Gasteiger partial charge in [0.05, 0.1) is 12.5 Å². The fourth-order valence-corrected chi connectivity index (χ4v) is 2.92. The second-order valence-corrected chi connectivity index (χ2v) is 6.33. The number of benzene rings is 3. The van der Waals surface area contributed by atoms with E-state index in [1.54, 1.807) is 0 Å². The van der Waals surface area contributed by atoms with Crippen LogP contribution in [0.15, 0.2) is 84.9 Å². The molecule has 0 heterocycles. The summed E-state index contributed by atoms with van der Waals surface area (Å²) >= 11 is 0. The van der Waals surface area contributed by atoms with Crippen molar-refractivity contribution in [2.45, 2.75) is 19.4 Å². The van der Waals surface area contributed by atoms with Crippen LogP contribution in [0.5, 0.6) is 0 Å². The molecule has 0 N–H and O–H groups in total. The SMILES string of the molecule is C[C@@H](c1ccccc1)N(C)C(=O)Cc1ccc(-c2ccccc2)cc1. The molecule has 0 radical (unpaired) electrons. The van der Waals surface area contributed by atoms with Crippen LogP contribution >= 0.6 is 0 Å². The number of carbonyl (C=O) groups excluding carboxylic acids is 1. The number of rotatable bonds is 5. The van der Waals surface area contributed by atoms with Crippen molar-refractivity contribution in [3.8, 4) is 11.1 Å². The van der Waals surface area contributed by atoms with E-state index < -0.39 is 0 Å². The van der Waals surface area contributed by atoms with Gasteiger partial charge >= 0.3 is 0 Å². The maximum absolute atomic E-state index is 12.6. The first kappa shape index (κ1) is 17.0. The largest absolute Gasteiger partial charge is 0.339 e. The lowest BCUT2D eigenvalue weighted by atomic mass is 10.0. The number of hydrogen-bond donors (Lipinski definition) is 0. The molecule has 2 nitrogen and oxygen atoms in total. The summed E-state index contributed by atoms with van der Waals surface area (Å²) < 4.78 is 0. The van der Waals surface area contributed by atoms with Crippen LogP contribution in [-0.4, -0.2) is 17.9 Å². The number of amides is 1. The van der Waals surface area contributed by atoms with Gasteiger partial charge in [0, 0.05) is 7.05 Å². The van der Waals surface area contributed by atoms with Gasteiger partial charge in [-0.15, -0.1) is 0 Å². The van der Waals surface area contributed by atoms with Crippen LogP contribution in [0.2, 0.25) is 0 Å². The van der Waals surface area contributed by atoms with E-state index >= 15 is 0 Å². The van der Waals surface area contributed by atoms with Crippen LogP contribution in [0, 0.1) is 0 Å². The van der Waals surface area contributed by atoms with E-state index in [2.05, 4.69) is 43.3 Å². The Kier molecular flexibility index (Phi) is 5.30. The Morgan fingerprint density at radius 2 is 1.32 bits per heavy atom. The van der Waals surface area contributed by atoms with Gasteiger partial charge in [0.15, 0.2) is 0 Å². The molecule has 0 aliphatic rings. The van der Waals surface area contributed by atoms with E-state index in [9.17, 15) is 4.79 Å². The molecule has 0 bridgehead atoms. The predicted molar refractivity (Wildman–Crippen MR) is 103 cm³/mol. The minimum Gasteiger partial charge on any atom is -0.339 e. The van der Waals surface area contributed by atoms with Gasteiger partial charge in [-0.05, 0) is 29.2 Å². The summed E-state index contributed by atoms with van der Waals surface area (Å²) in [7, 11) is 1.87. The summed E-state index contributed by atoms with van der Waals surface area (Å²) in [5.74, 6) is 0.129. The second-order valence-electron chi connectivity index (χ2n) is 6.33. The van der Waals surface area contributed by atoms with Crippen molar-refractivity contribution in [2.24, 2.45) is 0 Å². The summed E-state index contributed by atoms with van der Waals surface area (Å²) in [5, 5.41) is 0. The Morgan fingerprint density at radius 1 is 0.800 bits per heavy atom. The van der Waals surface area contributed by atoms with Gasteiger partial charge in [-0.25, -0.2) is 0 Å². The molecule has 0 aromatic heterocycles. The molecule has 0 aliphatic carbocycles. The van der Waals surface area contributed by atoms with Gasteiger partial charge in [0.2, 0.25) is 5.91 Å². The first-order chi connectivity index (χ1) is 12.1. The number of likely N-dealkylation sites (N-methyl/N-ethyl adjacent to an activating group) is 1. The molecule has 0 fully saturated rings. The number of carbonyl (C=O) groups is 1. The Bertz CT molecular complexity index is 810. The molecule has 25 heavy (non-hydrogen) atoms. The molecule has 0 saturated heterocycles. The lowest BCUT2D eigenvalue weighted by Crippen LogP contribution is -2.30. The molecule has 0 unspecified atom stereocenters. The first-order valence-electron chi connectivity index (χ1n) is 8.60. The van der Waals surface area contributed by atoms with Gasteiger partial charge in [-0.1, -0.05) is 84.9 Å². The molecule has 1 amide bonds. The van der Waals surface area contributed by atoms with Crippen molar-refractivity contribution in [3.63, 3.8) is 0 Å². The van der Waals surface area contributed by atoms with E-state index in [0.29, 0.717) is 6.42 Å². The predicted octanol–water partition coefficient (Wildman–Crippen LogP) is 5.12. The summed E-state index contributed by atoms with van der Waals surface area (Å²) in [6, 6.07) is 28.7. The highest BCUT2D eigenvalue weighted by atomic mass is 16.2. The van der Waals surface area contributed by atoms with Crippen LogP contribution in [0.4, 0.5) is 0 Å². The number of nitrogens with zero attached hydrogens (tertiary/aromatic N) is 1. The van der Waals surface area contributed by atoms with Crippen LogP contribution in [0.3, 0.4) is 0 Å². The number of hydrogen-bond acceptors (Lipinski definition) is 1. The highest BCUT2D eigenvalue weighted by Crippen LogP contribution is 2.21. The third-order valence-electron chi connectivity index (χ3n) is 4.67. The third-order valence-corrected chi connectivity index (χ3v) is 4.67. The van der Waals surface area contributed by atoms with Gasteiger partial charge in [-0.2, -0.15) is 0 Å². The lowest BCUT2D eigenvalue weighted by Gasteiger charge is -2.25. The zero-order valence-electron chi connectivity index (χ0n) is 14.7. The summed E-state index contributed by atoms with van der Waals surface area (Å²) in [6.45, 7) is 2.06. The molecule has 2 heteroatoms. The quantitative estimate of drug-likeness (QED) is 0.636. The van der Waals surface area contributed by atoms with Crippen molar-refractivity contribution in [1.29, 1.82) is 0 Å². The zero-order valence-corrected chi connectivity index (χ0v) is 14.7. The summed E-state index contributed by atoms with van der Waals surface area (Å²) in [4.78, 5) is 14.4. The molecule has 0 spiro atoms. The fraction of sp³-hybridized carbons (Fsp3) is 0.174. The van der Waals surface area contributed by atoms with E-state index in [1.165, 1.54) is 11.1 Å². The average Bonchev–Trinajstić information content (AvgIpc) is 2.68. The summed E-state index contributed by atoms with van der Waals surface area (Å²) in [5.41, 5.74) is 4.55. The van der Waals surface area contributed by atoms with Crippen molar-refractivity contribution < 1.29 is 4.79 Å². The average molecular weight is 329 g/mol. The van der Waals surface area contributed by atoms with Crippen LogP contribution < -0.4 is 0 Å². The Morgan fingerprint density at radius 3 is 1.92 bits per heavy atom. The highest BCUT2D eigenvalue weighted by Gasteiger charge is 2.17. The topological polar surface area (TPSA) is 20.3 Å². The zero-order chi connectivity index (χ0) is 17.6. The normalized spacial score (nSPS) is 11.8. The van der Waals surface area contributed by atoms with Gasteiger partial charge in [0.1, 0.15) is 0 Å². The van der Waals surface area contributed by atoms with Crippen molar-refractivity contribution in [1.82, 2.24) is 4.90 Å². The van der Waals surface area contributed by atoms with Gasteiger partial charge < -0.3 is 4.90 Å². The molecule has 3 rings (SSSR count). The lowest BCUT2D eigenvalue weighted by molar-refractivity contribution is -0.131. The molecule has 1 atom stereocenters. The molecule has 126 valence electrons. The van der Waals surface area contributed by atoms with Gasteiger partial charge in [-0.3, -0.25) is 4.79 Å². The van der Waals surface area contributed by atoms with E-state index in [1.807, 2.05) is 60.5 Å². The van der Waals surface area contributed by atoms with Crippen molar-refractivity contribution >= 4 is 5.91 Å². The minimum atomic E-state index is 0.0669.